The molecule has 1 atom stereocenters. The van der Waals surface area contributed by atoms with Crippen molar-refractivity contribution in [1.82, 2.24) is 0 Å². The molecule has 0 saturated carbocycles. The molecule has 2 amide bonds. The van der Waals surface area contributed by atoms with E-state index >= 15 is 0 Å². The summed E-state index contributed by atoms with van der Waals surface area (Å²) in [4.78, 5) is 27.9. The number of benzene rings is 3. The van der Waals surface area contributed by atoms with Crippen LogP contribution >= 0.6 is 0 Å². The van der Waals surface area contributed by atoms with E-state index in [1.54, 1.807) is 24.3 Å². The summed E-state index contributed by atoms with van der Waals surface area (Å²) in [6.07, 6.45) is 1.68. The van der Waals surface area contributed by atoms with E-state index in [0.29, 0.717) is 11.1 Å². The van der Waals surface area contributed by atoms with Crippen LogP contribution in [0.4, 0.5) is 11.4 Å². The number of para-hydroxylation sites is 2. The van der Waals surface area contributed by atoms with Crippen LogP contribution in [0.1, 0.15) is 45.7 Å². The lowest BCUT2D eigenvalue weighted by molar-refractivity contribution is 0.0981. The second-order valence-corrected chi connectivity index (χ2v) is 7.40. The number of hydrogen-bond donors (Lipinski definition) is 1. The summed E-state index contributed by atoms with van der Waals surface area (Å²) in [5, 5.41) is 2.97. The first-order chi connectivity index (χ1) is 14.1. The van der Waals surface area contributed by atoms with Gasteiger partial charge in [0.25, 0.3) is 11.8 Å². The SMILES string of the molecule is CCc1ccccc1NC(=O)c1cccc(C(=O)N2c3ccccc3CC2C)c1. The fourth-order valence-electron chi connectivity index (χ4n) is 3.95. The zero-order valence-electron chi connectivity index (χ0n) is 16.7. The Hall–Kier alpha value is -3.40. The monoisotopic (exact) mass is 384 g/mol. The van der Waals surface area contributed by atoms with Gasteiger partial charge in [0.15, 0.2) is 0 Å². The molecule has 4 rings (SSSR count). The number of carbonyl (C=O) groups is 2. The van der Waals surface area contributed by atoms with Crippen LogP contribution < -0.4 is 10.2 Å². The second-order valence-electron chi connectivity index (χ2n) is 7.40. The molecule has 1 heterocycles. The maximum Gasteiger partial charge on any atom is 0.258 e. The smallest absolute Gasteiger partial charge is 0.258 e. The van der Waals surface area contributed by atoms with Gasteiger partial charge in [-0.25, -0.2) is 0 Å². The van der Waals surface area contributed by atoms with Crippen molar-refractivity contribution in [3.63, 3.8) is 0 Å². The van der Waals surface area contributed by atoms with Gasteiger partial charge in [-0.1, -0.05) is 49.4 Å². The Morgan fingerprint density at radius 3 is 2.52 bits per heavy atom. The van der Waals surface area contributed by atoms with Gasteiger partial charge in [0.1, 0.15) is 0 Å². The van der Waals surface area contributed by atoms with Crippen molar-refractivity contribution < 1.29 is 9.59 Å². The lowest BCUT2D eigenvalue weighted by atomic mass is 10.1. The number of anilines is 2. The van der Waals surface area contributed by atoms with Gasteiger partial charge in [0, 0.05) is 28.5 Å². The minimum Gasteiger partial charge on any atom is -0.322 e. The Labute approximate surface area is 171 Å². The van der Waals surface area contributed by atoms with E-state index < -0.39 is 0 Å². The third-order valence-corrected chi connectivity index (χ3v) is 5.44. The molecule has 0 radical (unpaired) electrons. The molecule has 3 aromatic carbocycles. The molecular weight excluding hydrogens is 360 g/mol. The largest absolute Gasteiger partial charge is 0.322 e. The van der Waals surface area contributed by atoms with Crippen LogP contribution in [0.3, 0.4) is 0 Å². The third kappa shape index (κ3) is 3.66. The summed E-state index contributed by atoms with van der Waals surface area (Å²) in [5.41, 5.74) is 5.01. The van der Waals surface area contributed by atoms with E-state index in [0.717, 1.165) is 29.8 Å². The quantitative estimate of drug-likeness (QED) is 0.681. The zero-order valence-corrected chi connectivity index (χ0v) is 16.7. The van der Waals surface area contributed by atoms with E-state index in [4.69, 9.17) is 0 Å². The molecule has 4 heteroatoms. The summed E-state index contributed by atoms with van der Waals surface area (Å²) < 4.78 is 0. The number of nitrogens with one attached hydrogen (secondary N) is 1. The minimum atomic E-state index is -0.213. The molecule has 0 aliphatic carbocycles. The van der Waals surface area contributed by atoms with Gasteiger partial charge in [-0.05, 0) is 61.2 Å². The van der Waals surface area contributed by atoms with Crippen molar-refractivity contribution in [3.8, 4) is 0 Å². The van der Waals surface area contributed by atoms with Crippen molar-refractivity contribution >= 4 is 23.2 Å². The Bertz CT molecular complexity index is 1070. The summed E-state index contributed by atoms with van der Waals surface area (Å²) in [6, 6.07) is 22.8. The van der Waals surface area contributed by atoms with Gasteiger partial charge in [-0.3, -0.25) is 9.59 Å². The molecule has 0 aromatic heterocycles. The summed E-state index contributed by atoms with van der Waals surface area (Å²) >= 11 is 0. The highest BCUT2D eigenvalue weighted by Crippen LogP contribution is 2.33. The van der Waals surface area contributed by atoms with Crippen LogP contribution in [0, 0.1) is 0 Å². The first-order valence-electron chi connectivity index (χ1n) is 9.99. The number of aryl methyl sites for hydroxylation is 1. The van der Waals surface area contributed by atoms with Crippen LogP contribution in [0.15, 0.2) is 72.8 Å². The Balaban J connectivity index is 1.59. The number of amides is 2. The molecule has 3 aromatic rings. The van der Waals surface area contributed by atoms with E-state index in [9.17, 15) is 9.59 Å². The van der Waals surface area contributed by atoms with Gasteiger partial charge in [0.05, 0.1) is 0 Å². The highest BCUT2D eigenvalue weighted by Gasteiger charge is 2.31. The van der Waals surface area contributed by atoms with Crippen molar-refractivity contribution in [2.45, 2.75) is 32.7 Å². The lowest BCUT2D eigenvalue weighted by Crippen LogP contribution is -2.35. The maximum absolute atomic E-state index is 13.2. The number of rotatable bonds is 4. The first kappa shape index (κ1) is 18.9. The minimum absolute atomic E-state index is 0.0777. The molecule has 1 aliphatic rings. The molecule has 0 bridgehead atoms. The number of carbonyl (C=O) groups excluding carboxylic acids is 2. The van der Waals surface area contributed by atoms with Crippen LogP contribution in [-0.4, -0.2) is 17.9 Å². The Morgan fingerprint density at radius 1 is 0.966 bits per heavy atom. The number of fused-ring (bicyclic) bond motifs is 1. The fraction of sp³-hybridized carbons (Fsp3) is 0.200. The molecule has 0 saturated heterocycles. The molecule has 146 valence electrons. The van der Waals surface area contributed by atoms with Gasteiger partial charge in [0.2, 0.25) is 0 Å². The first-order valence-corrected chi connectivity index (χ1v) is 9.99. The number of nitrogens with zero attached hydrogens (tertiary/aromatic N) is 1. The molecular formula is C25H24N2O2. The van der Waals surface area contributed by atoms with Crippen LogP contribution in [0.25, 0.3) is 0 Å². The van der Waals surface area contributed by atoms with E-state index in [1.165, 1.54) is 5.56 Å². The van der Waals surface area contributed by atoms with Crippen LogP contribution in [0.2, 0.25) is 0 Å². The van der Waals surface area contributed by atoms with Crippen molar-refractivity contribution in [1.29, 1.82) is 0 Å². The van der Waals surface area contributed by atoms with E-state index in [-0.39, 0.29) is 17.9 Å². The molecule has 1 unspecified atom stereocenters. The van der Waals surface area contributed by atoms with Crippen molar-refractivity contribution in [3.05, 3.63) is 95.1 Å². The average Bonchev–Trinajstić information content (AvgIpc) is 3.09. The number of hydrogen-bond acceptors (Lipinski definition) is 2. The van der Waals surface area contributed by atoms with Gasteiger partial charge >= 0.3 is 0 Å². The molecule has 29 heavy (non-hydrogen) atoms. The van der Waals surface area contributed by atoms with Gasteiger partial charge < -0.3 is 10.2 Å². The predicted molar refractivity (Wildman–Crippen MR) is 117 cm³/mol. The van der Waals surface area contributed by atoms with Gasteiger partial charge in [-0.2, -0.15) is 0 Å². The van der Waals surface area contributed by atoms with Crippen molar-refractivity contribution in [2.24, 2.45) is 0 Å². The topological polar surface area (TPSA) is 49.4 Å². The third-order valence-electron chi connectivity index (χ3n) is 5.44. The summed E-state index contributed by atoms with van der Waals surface area (Å²) in [5.74, 6) is -0.290. The highest BCUT2D eigenvalue weighted by atomic mass is 16.2. The standard InChI is InChI=1S/C25H24N2O2/c1-3-18-9-4-6-13-22(18)26-24(28)20-11-8-12-21(16-20)25(29)27-17(2)15-19-10-5-7-14-23(19)27/h4-14,16-17H,3,15H2,1-2H3,(H,26,28). The average molecular weight is 384 g/mol. The fourth-order valence-corrected chi connectivity index (χ4v) is 3.95. The van der Waals surface area contributed by atoms with Gasteiger partial charge in [-0.15, -0.1) is 0 Å². The second kappa shape index (κ2) is 7.92. The normalized spacial score (nSPS) is 15.1. The molecule has 1 N–H and O–H groups in total. The molecule has 1 aliphatic heterocycles. The lowest BCUT2D eigenvalue weighted by Gasteiger charge is -2.23. The predicted octanol–water partition coefficient (Wildman–Crippen LogP) is 5.09. The zero-order chi connectivity index (χ0) is 20.4. The van der Waals surface area contributed by atoms with Crippen LogP contribution in [-0.2, 0) is 12.8 Å². The molecule has 0 spiro atoms. The van der Waals surface area contributed by atoms with E-state index in [2.05, 4.69) is 25.2 Å². The molecule has 0 fully saturated rings. The summed E-state index contributed by atoms with van der Waals surface area (Å²) in [7, 11) is 0. The van der Waals surface area contributed by atoms with Crippen LogP contribution in [0.5, 0.6) is 0 Å². The molecule has 4 nitrogen and oxygen atoms in total. The maximum atomic E-state index is 13.2. The Kier molecular flexibility index (Phi) is 5.17. The van der Waals surface area contributed by atoms with E-state index in [1.807, 2.05) is 47.4 Å². The van der Waals surface area contributed by atoms with Crippen molar-refractivity contribution in [2.75, 3.05) is 10.2 Å². The highest BCUT2D eigenvalue weighted by molar-refractivity contribution is 6.10. The summed E-state index contributed by atoms with van der Waals surface area (Å²) in [6.45, 7) is 4.11. The Morgan fingerprint density at radius 2 is 1.69 bits per heavy atom.